The molecule has 9 heteroatoms. The molecule has 0 amide bonds. The van der Waals surface area contributed by atoms with Gasteiger partial charge < -0.3 is 15.1 Å². The van der Waals surface area contributed by atoms with Crippen LogP contribution in [-0.4, -0.2) is 72.7 Å². The molecule has 1 unspecified atom stereocenters. The monoisotopic (exact) mass is 443 g/mol. The molecule has 31 heavy (non-hydrogen) atoms. The van der Waals surface area contributed by atoms with Gasteiger partial charge in [-0.15, -0.1) is 0 Å². The van der Waals surface area contributed by atoms with E-state index in [1.165, 1.54) is 6.07 Å². The second-order valence-corrected chi connectivity index (χ2v) is 8.70. The SMILES string of the molecule is Cc1c(F)ccc(Cl)c1CN1CCNC(=N)/C1=C\C(=N)C1=NCC(C2CCN(C)C2)=N1. The van der Waals surface area contributed by atoms with Gasteiger partial charge in [-0.3, -0.25) is 15.8 Å². The summed E-state index contributed by atoms with van der Waals surface area (Å²) in [5.41, 5.74) is 2.97. The zero-order valence-corrected chi connectivity index (χ0v) is 18.6. The van der Waals surface area contributed by atoms with Crippen LogP contribution in [0.4, 0.5) is 4.39 Å². The predicted octanol–water partition coefficient (Wildman–Crippen LogP) is 2.88. The number of halogens is 2. The van der Waals surface area contributed by atoms with E-state index in [2.05, 4.69) is 27.2 Å². The number of rotatable bonds is 5. The van der Waals surface area contributed by atoms with Gasteiger partial charge in [0.25, 0.3) is 0 Å². The van der Waals surface area contributed by atoms with Crippen LogP contribution in [0.2, 0.25) is 5.02 Å². The van der Waals surface area contributed by atoms with Crippen LogP contribution in [-0.2, 0) is 6.54 Å². The first-order valence-corrected chi connectivity index (χ1v) is 10.8. The lowest BCUT2D eigenvalue weighted by Crippen LogP contribution is -2.45. The van der Waals surface area contributed by atoms with Crippen molar-refractivity contribution in [2.75, 3.05) is 39.8 Å². The Bertz CT molecular complexity index is 1010. The van der Waals surface area contributed by atoms with Crippen LogP contribution in [0.5, 0.6) is 0 Å². The van der Waals surface area contributed by atoms with Crippen molar-refractivity contribution in [3.8, 4) is 0 Å². The molecule has 3 aliphatic rings. The molecule has 1 aromatic carbocycles. The van der Waals surface area contributed by atoms with Gasteiger partial charge in [-0.05, 0) is 56.3 Å². The molecule has 3 N–H and O–H groups in total. The van der Waals surface area contributed by atoms with Crippen LogP contribution in [0.3, 0.4) is 0 Å². The molecule has 3 heterocycles. The molecule has 1 aromatic rings. The summed E-state index contributed by atoms with van der Waals surface area (Å²) in [6, 6.07) is 2.92. The lowest BCUT2D eigenvalue weighted by molar-refractivity contribution is 0.338. The Morgan fingerprint density at radius 1 is 1.39 bits per heavy atom. The van der Waals surface area contributed by atoms with E-state index >= 15 is 0 Å². The summed E-state index contributed by atoms with van der Waals surface area (Å²) in [6.45, 7) is 5.85. The number of benzene rings is 1. The molecule has 0 spiro atoms. The van der Waals surface area contributed by atoms with Gasteiger partial charge in [0.2, 0.25) is 0 Å². The van der Waals surface area contributed by atoms with E-state index in [4.69, 9.17) is 22.4 Å². The summed E-state index contributed by atoms with van der Waals surface area (Å²) in [5.74, 6) is 0.732. The van der Waals surface area contributed by atoms with Gasteiger partial charge in [0.05, 0.1) is 12.2 Å². The Kier molecular flexibility index (Phi) is 6.20. The van der Waals surface area contributed by atoms with Crippen molar-refractivity contribution < 1.29 is 4.39 Å². The smallest absolute Gasteiger partial charge is 0.173 e. The average Bonchev–Trinajstić information content (AvgIpc) is 3.39. The van der Waals surface area contributed by atoms with Crippen molar-refractivity contribution in [2.45, 2.75) is 19.9 Å². The van der Waals surface area contributed by atoms with Crippen LogP contribution < -0.4 is 5.32 Å². The van der Waals surface area contributed by atoms with E-state index in [1.54, 1.807) is 19.1 Å². The highest BCUT2D eigenvalue weighted by molar-refractivity contribution is 6.47. The molecule has 0 radical (unpaired) electrons. The van der Waals surface area contributed by atoms with Crippen molar-refractivity contribution in [3.63, 3.8) is 0 Å². The second kappa shape index (κ2) is 8.88. The molecule has 4 rings (SSSR count). The molecule has 3 aliphatic heterocycles. The van der Waals surface area contributed by atoms with Gasteiger partial charge in [-0.25, -0.2) is 9.38 Å². The number of hydrogen-bond donors (Lipinski definition) is 3. The van der Waals surface area contributed by atoms with E-state index < -0.39 is 0 Å². The quantitative estimate of drug-likeness (QED) is 0.611. The highest BCUT2D eigenvalue weighted by Gasteiger charge is 2.28. The third-order valence-corrected chi connectivity index (χ3v) is 6.48. The van der Waals surface area contributed by atoms with Gasteiger partial charge in [0.1, 0.15) is 17.4 Å². The number of nitrogens with one attached hydrogen (secondary N) is 3. The molecule has 2 saturated heterocycles. The van der Waals surface area contributed by atoms with Crippen LogP contribution >= 0.6 is 11.6 Å². The van der Waals surface area contributed by atoms with Crippen molar-refractivity contribution in [1.82, 2.24) is 15.1 Å². The van der Waals surface area contributed by atoms with Crippen molar-refractivity contribution in [1.29, 1.82) is 10.8 Å². The number of amidine groups is 2. The Morgan fingerprint density at radius 2 is 2.19 bits per heavy atom. The second-order valence-electron chi connectivity index (χ2n) is 8.29. The zero-order valence-electron chi connectivity index (χ0n) is 17.8. The maximum absolute atomic E-state index is 14.1. The largest absolute Gasteiger partial charge is 0.367 e. The third-order valence-electron chi connectivity index (χ3n) is 6.13. The summed E-state index contributed by atoms with van der Waals surface area (Å²) in [4.78, 5) is 13.3. The van der Waals surface area contributed by atoms with Crippen molar-refractivity contribution >= 4 is 34.7 Å². The van der Waals surface area contributed by atoms with E-state index in [1.807, 2.05) is 4.90 Å². The molecule has 0 aliphatic carbocycles. The van der Waals surface area contributed by atoms with Gasteiger partial charge in [0.15, 0.2) is 5.84 Å². The summed E-state index contributed by atoms with van der Waals surface area (Å²) in [6.07, 6.45) is 2.70. The lowest BCUT2D eigenvalue weighted by Gasteiger charge is -2.33. The van der Waals surface area contributed by atoms with Crippen LogP contribution in [0.1, 0.15) is 17.5 Å². The number of aliphatic imine (C=N–C) groups is 2. The molecule has 2 fully saturated rings. The number of nitrogens with zero attached hydrogens (tertiary/aromatic N) is 4. The van der Waals surface area contributed by atoms with E-state index in [0.717, 1.165) is 25.2 Å². The normalized spacial score (nSPS) is 23.2. The molecule has 1 atom stereocenters. The van der Waals surface area contributed by atoms with E-state index in [-0.39, 0.29) is 17.4 Å². The summed E-state index contributed by atoms with van der Waals surface area (Å²) < 4.78 is 14.1. The van der Waals surface area contributed by atoms with Crippen LogP contribution in [0, 0.1) is 29.5 Å². The van der Waals surface area contributed by atoms with E-state index in [9.17, 15) is 4.39 Å². The molecule has 0 saturated carbocycles. The average molecular weight is 444 g/mol. The third kappa shape index (κ3) is 4.55. The summed E-state index contributed by atoms with van der Waals surface area (Å²) in [5, 5.41) is 20.4. The molecular weight excluding hydrogens is 417 g/mol. The zero-order chi connectivity index (χ0) is 22.1. The molecule has 0 aromatic heterocycles. The van der Waals surface area contributed by atoms with Crippen molar-refractivity contribution in [3.05, 3.63) is 45.9 Å². The standard InChI is InChI=1S/C22H27ClFN7/c1-13-15(16(23)3-4-17(13)24)12-31-8-6-27-21(26)20(31)9-18(25)22-28-10-19(29-22)14-5-7-30(2)11-14/h3-4,9,14,25H,5-8,10-12H2,1-2H3,(H2,26,27)/b20-9+,25-18?. The fourth-order valence-corrected chi connectivity index (χ4v) is 4.49. The van der Waals surface area contributed by atoms with Gasteiger partial charge in [-0.2, -0.15) is 0 Å². The maximum Gasteiger partial charge on any atom is 0.173 e. The minimum absolute atomic E-state index is 0.178. The highest BCUT2D eigenvalue weighted by atomic mass is 35.5. The number of hydrogen-bond acceptors (Lipinski definition) is 6. The van der Waals surface area contributed by atoms with E-state index in [0.29, 0.717) is 59.8 Å². The number of piperazine rings is 1. The first-order chi connectivity index (χ1) is 14.8. The first kappa shape index (κ1) is 21.6. The Labute approximate surface area is 186 Å². The van der Waals surface area contributed by atoms with Gasteiger partial charge >= 0.3 is 0 Å². The fourth-order valence-electron chi connectivity index (χ4n) is 4.23. The van der Waals surface area contributed by atoms with Gasteiger partial charge in [-0.1, -0.05) is 11.6 Å². The Hall–Kier alpha value is -2.58. The van der Waals surface area contributed by atoms with Crippen molar-refractivity contribution in [2.24, 2.45) is 15.9 Å². The molecule has 7 nitrogen and oxygen atoms in total. The molecule has 164 valence electrons. The maximum atomic E-state index is 14.1. The Morgan fingerprint density at radius 3 is 2.94 bits per heavy atom. The molecular formula is C22H27ClFN7. The fraction of sp³-hybridized carbons (Fsp3) is 0.455. The number of likely N-dealkylation sites (tertiary alicyclic amines) is 1. The minimum Gasteiger partial charge on any atom is -0.367 e. The first-order valence-electron chi connectivity index (χ1n) is 10.5. The Balaban J connectivity index is 1.55. The van der Waals surface area contributed by atoms with Crippen LogP contribution in [0.15, 0.2) is 33.9 Å². The summed E-state index contributed by atoms with van der Waals surface area (Å²) >= 11 is 6.34. The lowest BCUT2D eigenvalue weighted by atomic mass is 10.0. The topological polar surface area (TPSA) is 90.9 Å². The summed E-state index contributed by atoms with van der Waals surface area (Å²) in [7, 11) is 2.10. The van der Waals surface area contributed by atoms with Crippen LogP contribution in [0.25, 0.3) is 0 Å². The van der Waals surface area contributed by atoms with Gasteiger partial charge in [0, 0.05) is 42.8 Å². The predicted molar refractivity (Wildman–Crippen MR) is 123 cm³/mol. The highest BCUT2D eigenvalue weighted by Crippen LogP contribution is 2.26. The minimum atomic E-state index is -0.303. The molecule has 0 bridgehead atoms.